The van der Waals surface area contributed by atoms with Gasteiger partial charge in [-0.15, -0.1) is 0 Å². The van der Waals surface area contributed by atoms with Crippen molar-refractivity contribution in [3.63, 3.8) is 0 Å². The zero-order valence-electron chi connectivity index (χ0n) is 8.97. The standard InChI is InChI=1S/C11H16N2O3/c14-10(6-11(15)16)8-13-5-3-9-2-1-4-12-7-9/h1-2,4,7,10,13-14H,3,5-6,8H2,(H,15,16). The lowest BCUT2D eigenvalue weighted by molar-refractivity contribution is -0.139. The van der Waals surface area contributed by atoms with Crippen LogP contribution in [0.3, 0.4) is 0 Å². The van der Waals surface area contributed by atoms with Crippen molar-refractivity contribution < 1.29 is 15.0 Å². The lowest BCUT2D eigenvalue weighted by atomic mass is 10.2. The highest BCUT2D eigenvalue weighted by Gasteiger charge is 2.08. The highest BCUT2D eigenvalue weighted by molar-refractivity contribution is 5.67. The lowest BCUT2D eigenvalue weighted by Gasteiger charge is -2.09. The Kier molecular flexibility index (Phi) is 5.45. The molecule has 0 aliphatic heterocycles. The molecule has 1 aromatic rings. The summed E-state index contributed by atoms with van der Waals surface area (Å²) in [5.41, 5.74) is 1.11. The fourth-order valence-corrected chi connectivity index (χ4v) is 1.32. The van der Waals surface area contributed by atoms with Gasteiger partial charge in [0.2, 0.25) is 0 Å². The maximum Gasteiger partial charge on any atom is 0.306 e. The molecule has 0 saturated heterocycles. The molecule has 0 spiro atoms. The van der Waals surface area contributed by atoms with Crippen molar-refractivity contribution in [1.29, 1.82) is 0 Å². The molecule has 0 saturated carbocycles. The van der Waals surface area contributed by atoms with Crippen LogP contribution in [-0.2, 0) is 11.2 Å². The molecule has 5 nitrogen and oxygen atoms in total. The predicted octanol–water partition coefficient (Wildman–Crippen LogP) is 0.0493. The van der Waals surface area contributed by atoms with Gasteiger partial charge in [0.25, 0.3) is 0 Å². The van der Waals surface area contributed by atoms with Gasteiger partial charge < -0.3 is 15.5 Å². The first kappa shape index (κ1) is 12.6. The normalized spacial score (nSPS) is 12.3. The van der Waals surface area contributed by atoms with Crippen LogP contribution in [0.4, 0.5) is 0 Å². The Balaban J connectivity index is 2.10. The topological polar surface area (TPSA) is 82.5 Å². The van der Waals surface area contributed by atoms with Crippen LogP contribution in [-0.4, -0.2) is 40.4 Å². The smallest absolute Gasteiger partial charge is 0.306 e. The van der Waals surface area contributed by atoms with Crippen molar-refractivity contribution >= 4 is 5.97 Å². The summed E-state index contributed by atoms with van der Waals surface area (Å²) in [7, 11) is 0. The summed E-state index contributed by atoms with van der Waals surface area (Å²) < 4.78 is 0. The van der Waals surface area contributed by atoms with Crippen molar-refractivity contribution in [3.8, 4) is 0 Å². The molecule has 5 heteroatoms. The number of pyridine rings is 1. The SMILES string of the molecule is O=C(O)CC(O)CNCCc1cccnc1. The number of nitrogens with one attached hydrogen (secondary N) is 1. The van der Waals surface area contributed by atoms with Crippen molar-refractivity contribution in [2.45, 2.75) is 18.9 Å². The molecule has 1 aromatic heterocycles. The van der Waals surface area contributed by atoms with Gasteiger partial charge in [-0.2, -0.15) is 0 Å². The van der Waals surface area contributed by atoms with Crippen LogP contribution in [0, 0.1) is 0 Å². The Morgan fingerprint density at radius 2 is 2.38 bits per heavy atom. The zero-order chi connectivity index (χ0) is 11.8. The van der Waals surface area contributed by atoms with E-state index in [0.717, 1.165) is 12.0 Å². The number of carboxylic acids is 1. The minimum absolute atomic E-state index is 0.222. The molecule has 0 aliphatic carbocycles. The fraction of sp³-hybridized carbons (Fsp3) is 0.455. The van der Waals surface area contributed by atoms with E-state index in [0.29, 0.717) is 13.1 Å². The minimum Gasteiger partial charge on any atom is -0.481 e. The van der Waals surface area contributed by atoms with Crippen molar-refractivity contribution in [1.82, 2.24) is 10.3 Å². The third-order valence-corrected chi connectivity index (χ3v) is 2.10. The van der Waals surface area contributed by atoms with E-state index in [4.69, 9.17) is 5.11 Å². The molecule has 3 N–H and O–H groups in total. The molecule has 88 valence electrons. The van der Waals surface area contributed by atoms with E-state index in [1.165, 1.54) is 0 Å². The Bertz CT molecular complexity index is 316. The van der Waals surface area contributed by atoms with Gasteiger partial charge in [-0.3, -0.25) is 9.78 Å². The predicted molar refractivity (Wildman–Crippen MR) is 59.1 cm³/mol. The molecular weight excluding hydrogens is 208 g/mol. The number of carbonyl (C=O) groups is 1. The lowest BCUT2D eigenvalue weighted by Crippen LogP contribution is -2.30. The second kappa shape index (κ2) is 6.92. The van der Waals surface area contributed by atoms with Gasteiger partial charge in [0.05, 0.1) is 12.5 Å². The highest BCUT2D eigenvalue weighted by atomic mass is 16.4. The van der Waals surface area contributed by atoms with Crippen LogP contribution in [0.5, 0.6) is 0 Å². The monoisotopic (exact) mass is 224 g/mol. The molecule has 16 heavy (non-hydrogen) atoms. The number of aliphatic hydroxyl groups excluding tert-OH is 1. The van der Waals surface area contributed by atoms with Gasteiger partial charge in [-0.1, -0.05) is 6.07 Å². The summed E-state index contributed by atoms with van der Waals surface area (Å²) in [6.07, 6.45) is 3.27. The van der Waals surface area contributed by atoms with Crippen LogP contribution in [0.1, 0.15) is 12.0 Å². The number of rotatable bonds is 7. The Morgan fingerprint density at radius 1 is 1.56 bits per heavy atom. The fourth-order valence-electron chi connectivity index (χ4n) is 1.32. The van der Waals surface area contributed by atoms with Gasteiger partial charge in [0.1, 0.15) is 0 Å². The van der Waals surface area contributed by atoms with Gasteiger partial charge in [-0.05, 0) is 24.6 Å². The molecule has 1 atom stereocenters. The molecule has 1 rings (SSSR count). The van der Waals surface area contributed by atoms with Crippen LogP contribution in [0.25, 0.3) is 0 Å². The number of aromatic nitrogens is 1. The number of nitrogens with zero attached hydrogens (tertiary/aromatic N) is 1. The summed E-state index contributed by atoms with van der Waals surface area (Å²) in [5.74, 6) is -0.985. The summed E-state index contributed by atoms with van der Waals surface area (Å²) in [6, 6.07) is 3.84. The number of aliphatic hydroxyl groups is 1. The quantitative estimate of drug-likeness (QED) is 0.570. The molecule has 1 heterocycles. The summed E-state index contributed by atoms with van der Waals surface area (Å²) >= 11 is 0. The van der Waals surface area contributed by atoms with Crippen LogP contribution in [0.2, 0.25) is 0 Å². The Labute approximate surface area is 94.1 Å². The van der Waals surface area contributed by atoms with Crippen LogP contribution < -0.4 is 5.32 Å². The first-order valence-corrected chi connectivity index (χ1v) is 5.18. The third-order valence-electron chi connectivity index (χ3n) is 2.10. The maximum atomic E-state index is 10.3. The van der Waals surface area contributed by atoms with Crippen molar-refractivity contribution in [2.24, 2.45) is 0 Å². The van der Waals surface area contributed by atoms with Gasteiger partial charge in [0, 0.05) is 18.9 Å². The van der Waals surface area contributed by atoms with E-state index in [-0.39, 0.29) is 6.42 Å². The average Bonchev–Trinajstić information content (AvgIpc) is 2.25. The molecule has 0 radical (unpaired) electrons. The highest BCUT2D eigenvalue weighted by Crippen LogP contribution is 1.95. The first-order valence-electron chi connectivity index (χ1n) is 5.18. The average molecular weight is 224 g/mol. The number of aliphatic carboxylic acids is 1. The van der Waals surface area contributed by atoms with E-state index >= 15 is 0 Å². The zero-order valence-corrected chi connectivity index (χ0v) is 8.97. The second-order valence-corrected chi connectivity index (χ2v) is 3.57. The molecule has 1 unspecified atom stereocenters. The molecule has 0 fully saturated rings. The van der Waals surface area contributed by atoms with Gasteiger partial charge >= 0.3 is 5.97 Å². The second-order valence-electron chi connectivity index (χ2n) is 3.57. The third kappa shape index (κ3) is 5.43. The van der Waals surface area contributed by atoms with E-state index in [2.05, 4.69) is 10.3 Å². The van der Waals surface area contributed by atoms with Gasteiger partial charge in [0.15, 0.2) is 0 Å². The molecule has 0 aromatic carbocycles. The summed E-state index contributed by atoms with van der Waals surface area (Å²) in [6.45, 7) is 0.995. The van der Waals surface area contributed by atoms with E-state index in [1.807, 2.05) is 12.1 Å². The first-order chi connectivity index (χ1) is 7.68. The van der Waals surface area contributed by atoms with Crippen LogP contribution in [0.15, 0.2) is 24.5 Å². The number of carboxylic acid groups (broad SMARTS) is 1. The molecular formula is C11H16N2O3. The summed E-state index contributed by atoms with van der Waals surface area (Å²) in [4.78, 5) is 14.3. The molecule has 0 aliphatic rings. The van der Waals surface area contributed by atoms with E-state index in [9.17, 15) is 9.90 Å². The number of hydrogen-bond acceptors (Lipinski definition) is 4. The van der Waals surface area contributed by atoms with Gasteiger partial charge in [-0.25, -0.2) is 0 Å². The Morgan fingerprint density at radius 3 is 3.00 bits per heavy atom. The van der Waals surface area contributed by atoms with Crippen molar-refractivity contribution in [3.05, 3.63) is 30.1 Å². The maximum absolute atomic E-state index is 10.3. The molecule has 0 bridgehead atoms. The van der Waals surface area contributed by atoms with E-state index in [1.54, 1.807) is 12.4 Å². The largest absolute Gasteiger partial charge is 0.481 e. The van der Waals surface area contributed by atoms with E-state index < -0.39 is 12.1 Å². The van der Waals surface area contributed by atoms with Crippen LogP contribution >= 0.6 is 0 Å². The number of hydrogen-bond donors (Lipinski definition) is 3. The minimum atomic E-state index is -0.985. The summed E-state index contributed by atoms with van der Waals surface area (Å²) in [5, 5.41) is 20.7. The molecule has 0 amide bonds. The van der Waals surface area contributed by atoms with Crippen molar-refractivity contribution in [2.75, 3.05) is 13.1 Å². The Hall–Kier alpha value is -1.46.